The number of hydrogen-bond acceptors (Lipinski definition) is 3. The minimum atomic E-state index is -0.400. The molecule has 0 bridgehead atoms. The summed E-state index contributed by atoms with van der Waals surface area (Å²) in [5, 5.41) is 3.02. The lowest BCUT2D eigenvalue weighted by molar-refractivity contribution is -0.121. The van der Waals surface area contributed by atoms with Crippen LogP contribution in [0.15, 0.2) is 48.5 Å². The van der Waals surface area contributed by atoms with E-state index in [-0.39, 0.29) is 30.4 Å². The summed E-state index contributed by atoms with van der Waals surface area (Å²) < 4.78 is 19.2. The van der Waals surface area contributed by atoms with E-state index in [1.807, 2.05) is 44.2 Å². The van der Waals surface area contributed by atoms with E-state index >= 15 is 0 Å². The topological polar surface area (TPSA) is 58.6 Å². The fraction of sp³-hybridized carbons (Fsp3) is 0.391. The molecule has 0 aliphatic carbocycles. The molecule has 1 saturated heterocycles. The van der Waals surface area contributed by atoms with E-state index in [9.17, 15) is 14.0 Å². The third-order valence-electron chi connectivity index (χ3n) is 5.32. The maximum atomic E-state index is 13.6. The van der Waals surface area contributed by atoms with Crippen molar-refractivity contribution in [3.63, 3.8) is 0 Å². The first-order valence-corrected chi connectivity index (χ1v) is 10.0. The molecule has 2 aromatic carbocycles. The normalized spacial score (nSPS) is 18.9. The molecule has 1 fully saturated rings. The molecule has 5 nitrogen and oxygen atoms in total. The number of carbonyl (C=O) groups excluding carboxylic acids is 2. The monoisotopic (exact) mass is 398 g/mol. The van der Waals surface area contributed by atoms with Gasteiger partial charge in [0.1, 0.15) is 12.4 Å². The Balaban J connectivity index is 1.78. The molecule has 1 heterocycles. The number of amides is 2. The second-order valence-corrected chi connectivity index (χ2v) is 7.39. The summed E-state index contributed by atoms with van der Waals surface area (Å²) in [7, 11) is 0. The highest BCUT2D eigenvalue weighted by Crippen LogP contribution is 2.34. The van der Waals surface area contributed by atoms with Gasteiger partial charge in [0.2, 0.25) is 5.91 Å². The second kappa shape index (κ2) is 9.54. The van der Waals surface area contributed by atoms with Crippen LogP contribution in [0.25, 0.3) is 0 Å². The number of likely N-dealkylation sites (tertiary alicyclic amines) is 1. The molecule has 0 aromatic heterocycles. The Hall–Kier alpha value is -2.89. The van der Waals surface area contributed by atoms with Gasteiger partial charge in [-0.15, -0.1) is 0 Å². The van der Waals surface area contributed by atoms with Gasteiger partial charge in [0.15, 0.2) is 0 Å². The van der Waals surface area contributed by atoms with Gasteiger partial charge in [-0.1, -0.05) is 43.3 Å². The Morgan fingerprint density at radius 1 is 1.21 bits per heavy atom. The summed E-state index contributed by atoms with van der Waals surface area (Å²) in [6.07, 6.45) is 1.24. The molecule has 6 heteroatoms. The van der Waals surface area contributed by atoms with Gasteiger partial charge < -0.3 is 15.0 Å². The molecule has 1 aliphatic rings. The zero-order valence-corrected chi connectivity index (χ0v) is 16.9. The van der Waals surface area contributed by atoms with E-state index < -0.39 is 6.09 Å². The SMILES string of the molecule is CCC(=O)N[C@@H]1CCN(C(=O)OCc2ccccc2)[C@@H](c2ccc(F)cc2C)C1. The molecular weight excluding hydrogens is 371 g/mol. The fourth-order valence-corrected chi connectivity index (χ4v) is 3.75. The number of rotatable bonds is 5. The summed E-state index contributed by atoms with van der Waals surface area (Å²) in [5.41, 5.74) is 2.57. The van der Waals surface area contributed by atoms with Crippen molar-refractivity contribution in [1.82, 2.24) is 10.2 Å². The molecule has 29 heavy (non-hydrogen) atoms. The lowest BCUT2D eigenvalue weighted by atomic mass is 9.89. The van der Waals surface area contributed by atoms with Crippen LogP contribution in [0.1, 0.15) is 48.9 Å². The molecule has 0 spiro atoms. The van der Waals surface area contributed by atoms with Crippen molar-refractivity contribution in [3.8, 4) is 0 Å². The minimum absolute atomic E-state index is 0.00955. The van der Waals surface area contributed by atoms with Crippen LogP contribution in [0.3, 0.4) is 0 Å². The van der Waals surface area contributed by atoms with Crippen LogP contribution in [-0.2, 0) is 16.1 Å². The maximum Gasteiger partial charge on any atom is 0.410 e. The lowest BCUT2D eigenvalue weighted by Gasteiger charge is -2.39. The highest BCUT2D eigenvalue weighted by molar-refractivity contribution is 5.76. The molecule has 2 atom stereocenters. The number of aryl methyl sites for hydroxylation is 1. The van der Waals surface area contributed by atoms with Crippen molar-refractivity contribution in [2.75, 3.05) is 6.54 Å². The van der Waals surface area contributed by atoms with Crippen LogP contribution in [0, 0.1) is 12.7 Å². The first-order valence-electron chi connectivity index (χ1n) is 10.0. The molecule has 0 unspecified atom stereocenters. The highest BCUT2D eigenvalue weighted by atomic mass is 19.1. The summed E-state index contributed by atoms with van der Waals surface area (Å²) in [5.74, 6) is -0.319. The predicted molar refractivity (Wildman–Crippen MR) is 109 cm³/mol. The van der Waals surface area contributed by atoms with E-state index in [1.165, 1.54) is 12.1 Å². The van der Waals surface area contributed by atoms with E-state index in [2.05, 4.69) is 5.32 Å². The van der Waals surface area contributed by atoms with Crippen LogP contribution >= 0.6 is 0 Å². The van der Waals surface area contributed by atoms with Gasteiger partial charge in [0.25, 0.3) is 0 Å². The van der Waals surface area contributed by atoms with Crippen molar-refractivity contribution < 1.29 is 18.7 Å². The number of carbonyl (C=O) groups is 2. The quantitative estimate of drug-likeness (QED) is 0.807. The van der Waals surface area contributed by atoms with E-state index in [4.69, 9.17) is 4.74 Å². The maximum absolute atomic E-state index is 13.6. The standard InChI is InChI=1S/C23H27FN2O3/c1-3-22(27)25-19-11-12-26(23(28)29-15-17-7-5-4-6-8-17)21(14-19)20-10-9-18(24)13-16(20)2/h4-10,13,19,21H,3,11-12,14-15H2,1-2H3,(H,25,27)/t19-,21-/m1/s1. The zero-order chi connectivity index (χ0) is 20.8. The first-order chi connectivity index (χ1) is 14.0. The smallest absolute Gasteiger partial charge is 0.410 e. The Labute approximate surface area is 170 Å². The molecule has 154 valence electrons. The van der Waals surface area contributed by atoms with Crippen molar-refractivity contribution in [2.45, 2.75) is 51.8 Å². The summed E-state index contributed by atoms with van der Waals surface area (Å²) in [6.45, 7) is 4.30. The van der Waals surface area contributed by atoms with Gasteiger partial charge in [-0.3, -0.25) is 4.79 Å². The number of ether oxygens (including phenoxy) is 1. The average Bonchev–Trinajstić information content (AvgIpc) is 2.72. The molecule has 2 amide bonds. The van der Waals surface area contributed by atoms with Crippen molar-refractivity contribution in [2.24, 2.45) is 0 Å². The van der Waals surface area contributed by atoms with Crippen LogP contribution in [0.2, 0.25) is 0 Å². The average molecular weight is 398 g/mol. The van der Waals surface area contributed by atoms with E-state index in [1.54, 1.807) is 11.0 Å². The molecular formula is C23H27FN2O3. The first kappa shape index (κ1) is 20.8. The molecule has 1 aliphatic heterocycles. The highest BCUT2D eigenvalue weighted by Gasteiger charge is 2.35. The largest absolute Gasteiger partial charge is 0.445 e. The Bertz CT molecular complexity index is 856. The van der Waals surface area contributed by atoms with E-state index in [0.29, 0.717) is 25.8 Å². The number of benzene rings is 2. The predicted octanol–water partition coefficient (Wildman–Crippen LogP) is 4.50. The summed E-state index contributed by atoms with van der Waals surface area (Å²) in [6, 6.07) is 13.8. The van der Waals surface area contributed by atoms with Crippen LogP contribution < -0.4 is 5.32 Å². The van der Waals surface area contributed by atoms with Crippen molar-refractivity contribution in [3.05, 3.63) is 71.0 Å². The van der Waals surface area contributed by atoms with Crippen LogP contribution in [0.5, 0.6) is 0 Å². The van der Waals surface area contributed by atoms with Crippen LogP contribution in [-0.4, -0.2) is 29.5 Å². The second-order valence-electron chi connectivity index (χ2n) is 7.39. The van der Waals surface area contributed by atoms with Crippen molar-refractivity contribution in [1.29, 1.82) is 0 Å². The molecule has 1 N–H and O–H groups in total. The Morgan fingerprint density at radius 3 is 2.66 bits per heavy atom. The summed E-state index contributed by atoms with van der Waals surface area (Å²) in [4.78, 5) is 26.4. The number of halogens is 1. The molecule has 0 radical (unpaired) electrons. The molecule has 2 aromatic rings. The van der Waals surface area contributed by atoms with Crippen LogP contribution in [0.4, 0.5) is 9.18 Å². The third kappa shape index (κ3) is 5.34. The van der Waals surface area contributed by atoms with Gasteiger partial charge in [-0.25, -0.2) is 9.18 Å². The van der Waals surface area contributed by atoms with Crippen molar-refractivity contribution >= 4 is 12.0 Å². The van der Waals surface area contributed by atoms with Gasteiger partial charge in [0, 0.05) is 19.0 Å². The Morgan fingerprint density at radius 2 is 1.97 bits per heavy atom. The number of nitrogens with one attached hydrogen (secondary N) is 1. The molecule has 3 rings (SSSR count). The lowest BCUT2D eigenvalue weighted by Crippen LogP contribution is -2.48. The number of nitrogens with zero attached hydrogens (tertiary/aromatic N) is 1. The number of piperidine rings is 1. The van der Waals surface area contributed by atoms with Gasteiger partial charge in [-0.05, 0) is 48.6 Å². The Kier molecular flexibility index (Phi) is 6.86. The van der Waals surface area contributed by atoms with Gasteiger partial charge >= 0.3 is 6.09 Å². The zero-order valence-electron chi connectivity index (χ0n) is 16.9. The van der Waals surface area contributed by atoms with Gasteiger partial charge in [-0.2, -0.15) is 0 Å². The minimum Gasteiger partial charge on any atom is -0.445 e. The fourth-order valence-electron chi connectivity index (χ4n) is 3.75. The third-order valence-corrected chi connectivity index (χ3v) is 5.32. The molecule has 0 saturated carbocycles. The number of hydrogen-bond donors (Lipinski definition) is 1. The van der Waals surface area contributed by atoms with Gasteiger partial charge in [0.05, 0.1) is 6.04 Å². The van der Waals surface area contributed by atoms with E-state index in [0.717, 1.165) is 16.7 Å². The summed E-state index contributed by atoms with van der Waals surface area (Å²) >= 11 is 0.